The Kier molecular flexibility index (Phi) is 4.11. The summed E-state index contributed by atoms with van der Waals surface area (Å²) in [6.45, 7) is 9.17. The number of benzene rings is 1. The summed E-state index contributed by atoms with van der Waals surface area (Å²) in [5.74, 6) is 0.908. The first-order chi connectivity index (χ1) is 8.90. The summed E-state index contributed by atoms with van der Waals surface area (Å²) < 4.78 is 6.68. The molecule has 104 valence electrons. The van der Waals surface area contributed by atoms with E-state index in [9.17, 15) is 0 Å². The third kappa shape index (κ3) is 3.45. The highest BCUT2D eigenvalue weighted by Gasteiger charge is 2.22. The minimum atomic E-state index is 0.105. The summed E-state index contributed by atoms with van der Waals surface area (Å²) >= 11 is 1.71. The third-order valence-electron chi connectivity index (χ3n) is 3.22. The number of hydrogen-bond acceptors (Lipinski definition) is 4. The maximum absolute atomic E-state index is 6.22. The summed E-state index contributed by atoms with van der Waals surface area (Å²) in [5, 5.41) is 1.10. The first-order valence-electron chi connectivity index (χ1n) is 6.68. The first kappa shape index (κ1) is 14.3. The highest BCUT2D eigenvalue weighted by molar-refractivity contribution is 7.18. The summed E-state index contributed by atoms with van der Waals surface area (Å²) in [6.07, 6.45) is 0.826. The van der Waals surface area contributed by atoms with Crippen molar-refractivity contribution in [1.82, 2.24) is 4.98 Å². The predicted molar refractivity (Wildman–Crippen MR) is 81.9 cm³/mol. The Morgan fingerprint density at radius 1 is 1.37 bits per heavy atom. The van der Waals surface area contributed by atoms with E-state index in [4.69, 9.17) is 10.5 Å². The smallest absolute Gasteiger partial charge is 0.120 e. The van der Waals surface area contributed by atoms with Crippen molar-refractivity contribution in [3.63, 3.8) is 0 Å². The minimum absolute atomic E-state index is 0.105. The largest absolute Gasteiger partial charge is 0.494 e. The Balaban J connectivity index is 2.22. The van der Waals surface area contributed by atoms with Gasteiger partial charge in [0.25, 0.3) is 0 Å². The number of aromatic nitrogens is 1. The zero-order chi connectivity index (χ0) is 14.0. The van der Waals surface area contributed by atoms with Gasteiger partial charge in [-0.05, 0) is 30.5 Å². The molecule has 1 heterocycles. The molecule has 1 unspecified atom stereocenters. The molecule has 2 aromatic rings. The molecule has 3 nitrogen and oxygen atoms in total. The lowest BCUT2D eigenvalue weighted by atomic mass is 9.86. The summed E-state index contributed by atoms with van der Waals surface area (Å²) in [6, 6.07) is 6.17. The summed E-state index contributed by atoms with van der Waals surface area (Å²) in [7, 11) is 0. The van der Waals surface area contributed by atoms with Gasteiger partial charge in [-0.3, -0.25) is 0 Å². The molecule has 0 amide bonds. The first-order valence-corrected chi connectivity index (χ1v) is 7.49. The van der Waals surface area contributed by atoms with Gasteiger partial charge < -0.3 is 10.5 Å². The average Bonchev–Trinajstić information content (AvgIpc) is 2.69. The Hall–Kier alpha value is -1.13. The van der Waals surface area contributed by atoms with E-state index in [2.05, 4.69) is 31.8 Å². The fourth-order valence-corrected chi connectivity index (χ4v) is 2.84. The maximum atomic E-state index is 6.22. The molecule has 2 N–H and O–H groups in total. The van der Waals surface area contributed by atoms with Gasteiger partial charge in [-0.2, -0.15) is 0 Å². The molecule has 2 rings (SSSR count). The van der Waals surface area contributed by atoms with Crippen LogP contribution in [0.15, 0.2) is 18.2 Å². The lowest BCUT2D eigenvalue weighted by Gasteiger charge is -2.26. The van der Waals surface area contributed by atoms with Crippen LogP contribution in [0.1, 0.15) is 32.7 Å². The molecule has 19 heavy (non-hydrogen) atoms. The van der Waals surface area contributed by atoms with E-state index < -0.39 is 0 Å². The number of hydrogen-bond donors (Lipinski definition) is 1. The molecule has 4 heteroatoms. The predicted octanol–water partition coefficient (Wildman–Crippen LogP) is 3.61. The van der Waals surface area contributed by atoms with Crippen LogP contribution in [0.4, 0.5) is 0 Å². The molecule has 1 aromatic carbocycles. The second kappa shape index (κ2) is 5.47. The van der Waals surface area contributed by atoms with Crippen molar-refractivity contribution in [2.45, 2.75) is 40.2 Å². The van der Waals surface area contributed by atoms with Crippen LogP contribution < -0.4 is 10.5 Å². The van der Waals surface area contributed by atoms with E-state index in [1.807, 2.05) is 19.1 Å². The molecule has 0 saturated carbocycles. The van der Waals surface area contributed by atoms with E-state index in [-0.39, 0.29) is 11.5 Å². The SMILES string of the molecule is CCOc1ccc2nc(CC(N)C(C)(C)C)sc2c1. The average molecular weight is 278 g/mol. The van der Waals surface area contributed by atoms with Crippen molar-refractivity contribution in [3.8, 4) is 5.75 Å². The zero-order valence-electron chi connectivity index (χ0n) is 12.1. The van der Waals surface area contributed by atoms with Crippen molar-refractivity contribution >= 4 is 21.6 Å². The highest BCUT2D eigenvalue weighted by atomic mass is 32.1. The standard InChI is InChI=1S/C15H22N2OS/c1-5-18-10-6-7-11-12(8-10)19-14(17-11)9-13(16)15(2,3)4/h6-8,13H,5,9,16H2,1-4H3. The van der Waals surface area contributed by atoms with Crippen molar-refractivity contribution in [1.29, 1.82) is 0 Å². The number of nitrogens with zero attached hydrogens (tertiary/aromatic N) is 1. The minimum Gasteiger partial charge on any atom is -0.494 e. The van der Waals surface area contributed by atoms with Crippen LogP contribution in [-0.2, 0) is 6.42 Å². The molecule has 0 aliphatic carbocycles. The Labute approximate surface area is 118 Å². The quantitative estimate of drug-likeness (QED) is 0.929. The molecule has 0 fully saturated rings. The monoisotopic (exact) mass is 278 g/mol. The Morgan fingerprint density at radius 3 is 2.74 bits per heavy atom. The molecule has 0 saturated heterocycles. The van der Waals surface area contributed by atoms with Crippen LogP contribution in [0.2, 0.25) is 0 Å². The molecule has 0 aliphatic heterocycles. The van der Waals surface area contributed by atoms with Crippen LogP contribution in [0.3, 0.4) is 0 Å². The van der Waals surface area contributed by atoms with E-state index in [1.54, 1.807) is 11.3 Å². The van der Waals surface area contributed by atoms with Gasteiger partial charge in [-0.15, -0.1) is 11.3 Å². The molecule has 0 aliphatic rings. The van der Waals surface area contributed by atoms with Crippen LogP contribution >= 0.6 is 11.3 Å². The van der Waals surface area contributed by atoms with Crippen molar-refractivity contribution < 1.29 is 4.74 Å². The van der Waals surface area contributed by atoms with Crippen LogP contribution in [-0.4, -0.2) is 17.6 Å². The fraction of sp³-hybridized carbons (Fsp3) is 0.533. The van der Waals surface area contributed by atoms with Crippen molar-refractivity contribution in [2.75, 3.05) is 6.61 Å². The number of fused-ring (bicyclic) bond motifs is 1. The second-order valence-corrected chi connectivity index (χ2v) is 6.96. The van der Waals surface area contributed by atoms with Crippen molar-refractivity contribution in [3.05, 3.63) is 23.2 Å². The Bertz CT molecular complexity index is 557. The molecule has 0 radical (unpaired) electrons. The van der Waals surface area contributed by atoms with Crippen LogP contribution in [0, 0.1) is 5.41 Å². The van der Waals surface area contributed by atoms with Gasteiger partial charge in [0.05, 0.1) is 21.8 Å². The zero-order valence-corrected chi connectivity index (χ0v) is 12.9. The number of nitrogens with two attached hydrogens (primary N) is 1. The normalized spacial score (nSPS) is 13.7. The molecular formula is C15H22N2OS. The lowest BCUT2D eigenvalue weighted by molar-refractivity contribution is 0.318. The van der Waals surface area contributed by atoms with Crippen molar-refractivity contribution in [2.24, 2.45) is 11.1 Å². The van der Waals surface area contributed by atoms with E-state index in [1.165, 1.54) is 4.70 Å². The van der Waals surface area contributed by atoms with E-state index >= 15 is 0 Å². The van der Waals surface area contributed by atoms with Gasteiger partial charge >= 0.3 is 0 Å². The molecule has 0 spiro atoms. The summed E-state index contributed by atoms with van der Waals surface area (Å²) in [5.41, 5.74) is 7.36. The molecular weight excluding hydrogens is 256 g/mol. The number of ether oxygens (including phenoxy) is 1. The number of thiazole rings is 1. The van der Waals surface area contributed by atoms with Gasteiger partial charge in [0, 0.05) is 12.5 Å². The van der Waals surface area contributed by atoms with Gasteiger partial charge in [0.15, 0.2) is 0 Å². The lowest BCUT2D eigenvalue weighted by Crippen LogP contribution is -2.36. The van der Waals surface area contributed by atoms with Crippen LogP contribution in [0.5, 0.6) is 5.75 Å². The Morgan fingerprint density at radius 2 is 2.11 bits per heavy atom. The van der Waals surface area contributed by atoms with E-state index in [0.29, 0.717) is 6.61 Å². The summed E-state index contributed by atoms with van der Waals surface area (Å²) in [4.78, 5) is 4.65. The molecule has 1 atom stereocenters. The van der Waals surface area contributed by atoms with Crippen LogP contribution in [0.25, 0.3) is 10.2 Å². The highest BCUT2D eigenvalue weighted by Crippen LogP contribution is 2.29. The second-order valence-electron chi connectivity index (χ2n) is 5.85. The van der Waals surface area contributed by atoms with Gasteiger partial charge in [0.1, 0.15) is 5.75 Å². The third-order valence-corrected chi connectivity index (χ3v) is 4.26. The van der Waals surface area contributed by atoms with Gasteiger partial charge in [0.2, 0.25) is 0 Å². The molecule has 1 aromatic heterocycles. The topological polar surface area (TPSA) is 48.1 Å². The fourth-order valence-electron chi connectivity index (χ4n) is 1.79. The number of rotatable bonds is 4. The van der Waals surface area contributed by atoms with E-state index in [0.717, 1.165) is 22.7 Å². The van der Waals surface area contributed by atoms with Gasteiger partial charge in [-0.25, -0.2) is 4.98 Å². The van der Waals surface area contributed by atoms with Gasteiger partial charge in [-0.1, -0.05) is 20.8 Å². The molecule has 0 bridgehead atoms. The maximum Gasteiger partial charge on any atom is 0.120 e.